The Bertz CT molecular complexity index is 396. The average Bonchev–Trinajstić information content (AvgIpc) is 2.83. The fourth-order valence-corrected chi connectivity index (χ4v) is 1.34. The lowest BCUT2D eigenvalue weighted by molar-refractivity contribution is -0.387. The van der Waals surface area contributed by atoms with Crippen LogP contribution in [-0.4, -0.2) is 15.9 Å². The van der Waals surface area contributed by atoms with Crippen LogP contribution in [0.4, 0.5) is 10.1 Å². The Hall–Kier alpha value is -1.56. The minimum absolute atomic E-state index is 0.00700. The van der Waals surface area contributed by atoms with Crippen LogP contribution in [0.1, 0.15) is 18.0 Å². The number of hydrogen-bond acceptors (Lipinski definition) is 4. The average molecular weight is 197 g/mol. The second-order valence-electron chi connectivity index (χ2n) is 3.32. The first-order chi connectivity index (χ1) is 6.59. The Morgan fingerprint density at radius 1 is 1.71 bits per heavy atom. The van der Waals surface area contributed by atoms with Crippen molar-refractivity contribution in [2.75, 3.05) is 0 Å². The predicted octanol–water partition coefficient (Wildman–Crippen LogP) is 0.943. The highest BCUT2D eigenvalue weighted by atomic mass is 19.1. The van der Waals surface area contributed by atoms with Crippen molar-refractivity contribution in [2.24, 2.45) is 5.73 Å². The van der Waals surface area contributed by atoms with Gasteiger partial charge in [-0.1, -0.05) is 0 Å². The number of nitrogens with two attached hydrogens (primary N) is 1. The van der Waals surface area contributed by atoms with E-state index in [1.807, 2.05) is 0 Å². The highest BCUT2D eigenvalue weighted by molar-refractivity contribution is 5.35. The van der Waals surface area contributed by atoms with Gasteiger partial charge in [0, 0.05) is 18.0 Å². The summed E-state index contributed by atoms with van der Waals surface area (Å²) in [6.07, 6.45) is 1.63. The number of nitro groups is 1. The molecule has 1 aromatic rings. The largest absolute Gasteiger partial charge is 0.327 e. The molecular formula is C8H8FN3O2. The van der Waals surface area contributed by atoms with Crippen LogP contribution in [0.15, 0.2) is 12.3 Å². The molecule has 0 aliphatic heterocycles. The van der Waals surface area contributed by atoms with Crippen LogP contribution < -0.4 is 5.73 Å². The van der Waals surface area contributed by atoms with Crippen molar-refractivity contribution in [1.82, 2.24) is 4.98 Å². The molecule has 0 aromatic carbocycles. The normalized spacial score (nSPS) is 24.7. The van der Waals surface area contributed by atoms with Gasteiger partial charge in [0.25, 0.3) is 0 Å². The minimum Gasteiger partial charge on any atom is -0.327 e. The molecule has 0 bridgehead atoms. The molecule has 74 valence electrons. The van der Waals surface area contributed by atoms with Crippen molar-refractivity contribution in [2.45, 2.75) is 18.4 Å². The zero-order valence-corrected chi connectivity index (χ0v) is 7.18. The Labute approximate surface area is 78.9 Å². The van der Waals surface area contributed by atoms with Gasteiger partial charge in [-0.25, -0.2) is 0 Å². The second kappa shape index (κ2) is 2.98. The Morgan fingerprint density at radius 2 is 2.36 bits per heavy atom. The van der Waals surface area contributed by atoms with Crippen LogP contribution in [-0.2, 0) is 0 Å². The quantitative estimate of drug-likeness (QED) is 0.565. The standard InChI is InChI=1S/C8H8FN3O2/c9-5-3-11-7(4-1-6(4)10)2-8(5)12(13)14/h2-4,6H,1,10H2. The topological polar surface area (TPSA) is 82.0 Å². The third-order valence-corrected chi connectivity index (χ3v) is 2.27. The van der Waals surface area contributed by atoms with Crippen molar-refractivity contribution in [3.8, 4) is 0 Å². The summed E-state index contributed by atoms with van der Waals surface area (Å²) in [7, 11) is 0. The van der Waals surface area contributed by atoms with E-state index >= 15 is 0 Å². The molecule has 2 rings (SSSR count). The molecule has 2 unspecified atom stereocenters. The van der Waals surface area contributed by atoms with Crippen molar-refractivity contribution >= 4 is 5.69 Å². The molecule has 2 N–H and O–H groups in total. The van der Waals surface area contributed by atoms with Gasteiger partial charge in [-0.15, -0.1) is 0 Å². The third kappa shape index (κ3) is 1.44. The number of pyridine rings is 1. The molecule has 14 heavy (non-hydrogen) atoms. The first kappa shape index (κ1) is 9.01. The van der Waals surface area contributed by atoms with E-state index in [0.717, 1.165) is 18.7 Å². The van der Waals surface area contributed by atoms with Gasteiger partial charge in [-0.3, -0.25) is 15.1 Å². The summed E-state index contributed by atoms with van der Waals surface area (Å²) < 4.78 is 12.9. The highest BCUT2D eigenvalue weighted by Gasteiger charge is 2.37. The number of halogens is 1. The molecule has 1 saturated carbocycles. The summed E-state index contributed by atoms with van der Waals surface area (Å²) in [6.45, 7) is 0. The molecule has 0 spiro atoms. The molecule has 1 heterocycles. The molecule has 5 nitrogen and oxygen atoms in total. The van der Waals surface area contributed by atoms with E-state index in [9.17, 15) is 14.5 Å². The van der Waals surface area contributed by atoms with E-state index < -0.39 is 16.4 Å². The summed E-state index contributed by atoms with van der Waals surface area (Å²) >= 11 is 0. The lowest BCUT2D eigenvalue weighted by Gasteiger charge is -1.98. The van der Waals surface area contributed by atoms with Gasteiger partial charge in [0.05, 0.1) is 16.8 Å². The Kier molecular flexibility index (Phi) is 1.92. The minimum atomic E-state index is -0.909. The maximum atomic E-state index is 12.9. The summed E-state index contributed by atoms with van der Waals surface area (Å²) in [5.74, 6) is -0.859. The summed E-state index contributed by atoms with van der Waals surface area (Å²) in [6, 6.07) is 1.17. The van der Waals surface area contributed by atoms with Gasteiger partial charge >= 0.3 is 5.69 Å². The van der Waals surface area contributed by atoms with Crippen molar-refractivity contribution in [3.63, 3.8) is 0 Å². The smallest absolute Gasteiger partial charge is 0.308 e. The van der Waals surface area contributed by atoms with Crippen LogP contribution in [0, 0.1) is 15.9 Å². The van der Waals surface area contributed by atoms with Gasteiger partial charge in [-0.05, 0) is 6.42 Å². The Balaban J connectivity index is 2.36. The van der Waals surface area contributed by atoms with Gasteiger partial charge in [-0.2, -0.15) is 4.39 Å². The van der Waals surface area contributed by atoms with E-state index in [4.69, 9.17) is 5.73 Å². The van der Waals surface area contributed by atoms with E-state index in [1.165, 1.54) is 0 Å². The number of aromatic nitrogens is 1. The van der Waals surface area contributed by atoms with Crippen LogP contribution in [0.3, 0.4) is 0 Å². The van der Waals surface area contributed by atoms with Crippen molar-refractivity contribution < 1.29 is 9.31 Å². The monoisotopic (exact) mass is 197 g/mol. The van der Waals surface area contributed by atoms with E-state index in [1.54, 1.807) is 0 Å². The number of nitrogens with zero attached hydrogens (tertiary/aromatic N) is 2. The first-order valence-electron chi connectivity index (χ1n) is 4.15. The predicted molar refractivity (Wildman–Crippen MR) is 46.2 cm³/mol. The van der Waals surface area contributed by atoms with Crippen LogP contribution >= 0.6 is 0 Å². The Morgan fingerprint density at radius 3 is 2.86 bits per heavy atom. The zero-order valence-electron chi connectivity index (χ0n) is 7.18. The SMILES string of the molecule is NC1CC1c1cc([N+](=O)[O-])c(F)cn1. The highest BCUT2D eigenvalue weighted by Crippen LogP contribution is 2.38. The molecule has 1 aliphatic rings. The number of rotatable bonds is 2. The molecule has 0 saturated heterocycles. The fraction of sp³-hybridized carbons (Fsp3) is 0.375. The maximum absolute atomic E-state index is 12.9. The van der Waals surface area contributed by atoms with Crippen molar-refractivity contribution in [1.29, 1.82) is 0 Å². The third-order valence-electron chi connectivity index (χ3n) is 2.27. The molecule has 2 atom stereocenters. The summed E-state index contributed by atoms with van der Waals surface area (Å²) in [4.78, 5) is 13.4. The lowest BCUT2D eigenvalue weighted by Crippen LogP contribution is -2.03. The maximum Gasteiger partial charge on any atom is 0.308 e. The van der Waals surface area contributed by atoms with E-state index in [-0.39, 0.29) is 12.0 Å². The van der Waals surface area contributed by atoms with Gasteiger partial charge in [0.15, 0.2) is 0 Å². The summed E-state index contributed by atoms with van der Waals surface area (Å²) in [5.41, 5.74) is 5.53. The van der Waals surface area contributed by atoms with Gasteiger partial charge < -0.3 is 5.73 Å². The lowest BCUT2D eigenvalue weighted by atomic mass is 10.2. The molecule has 6 heteroatoms. The molecule has 0 radical (unpaired) electrons. The molecule has 1 aliphatic carbocycles. The van der Waals surface area contributed by atoms with Crippen LogP contribution in [0.2, 0.25) is 0 Å². The zero-order chi connectivity index (χ0) is 10.3. The first-order valence-corrected chi connectivity index (χ1v) is 4.15. The molecule has 0 amide bonds. The van der Waals surface area contributed by atoms with Crippen LogP contribution in [0.25, 0.3) is 0 Å². The van der Waals surface area contributed by atoms with Gasteiger partial charge in [0.2, 0.25) is 5.82 Å². The number of hydrogen-bond donors (Lipinski definition) is 1. The second-order valence-corrected chi connectivity index (χ2v) is 3.32. The molecular weight excluding hydrogens is 189 g/mol. The van der Waals surface area contributed by atoms with E-state index in [0.29, 0.717) is 5.69 Å². The summed E-state index contributed by atoms with van der Waals surface area (Å²) in [5, 5.41) is 10.4. The fourth-order valence-electron chi connectivity index (χ4n) is 1.34. The van der Waals surface area contributed by atoms with E-state index in [2.05, 4.69) is 4.98 Å². The van der Waals surface area contributed by atoms with Crippen molar-refractivity contribution in [3.05, 3.63) is 33.9 Å². The van der Waals surface area contributed by atoms with Crippen LogP contribution in [0.5, 0.6) is 0 Å². The van der Waals surface area contributed by atoms with Gasteiger partial charge in [0.1, 0.15) is 0 Å². The molecule has 1 fully saturated rings. The molecule has 1 aromatic heterocycles.